The Morgan fingerprint density at radius 1 is 1.07 bits per heavy atom. The summed E-state index contributed by atoms with van der Waals surface area (Å²) in [6.07, 6.45) is 4.57. The Kier molecular flexibility index (Phi) is 7.10. The van der Waals surface area contributed by atoms with Crippen molar-refractivity contribution in [2.24, 2.45) is 0 Å². The van der Waals surface area contributed by atoms with E-state index in [1.807, 2.05) is 49.4 Å². The zero-order chi connectivity index (χ0) is 19.9. The van der Waals surface area contributed by atoms with Crippen LogP contribution in [0.4, 0.5) is 0 Å². The first-order chi connectivity index (χ1) is 13.5. The van der Waals surface area contributed by atoms with Crippen molar-refractivity contribution in [2.75, 3.05) is 0 Å². The van der Waals surface area contributed by atoms with Gasteiger partial charge in [-0.15, -0.1) is 0 Å². The van der Waals surface area contributed by atoms with E-state index in [-0.39, 0.29) is 24.3 Å². The molecule has 1 N–H and O–H groups in total. The maximum atomic E-state index is 13.1. The molecule has 1 atom stereocenters. The molecular weight excluding hydrogens is 372 g/mol. The summed E-state index contributed by atoms with van der Waals surface area (Å²) in [4.78, 5) is 27.6. The molecule has 0 unspecified atom stereocenters. The van der Waals surface area contributed by atoms with E-state index in [1.54, 1.807) is 17.0 Å². The number of hydrogen-bond acceptors (Lipinski definition) is 2. The van der Waals surface area contributed by atoms with Gasteiger partial charge in [-0.2, -0.15) is 0 Å². The maximum Gasteiger partial charge on any atom is 0.242 e. The predicted molar refractivity (Wildman–Crippen MR) is 112 cm³/mol. The number of halogens is 1. The van der Waals surface area contributed by atoms with Gasteiger partial charge in [0.15, 0.2) is 0 Å². The van der Waals surface area contributed by atoms with E-state index < -0.39 is 6.04 Å². The number of carbonyl (C=O) groups excluding carboxylic acids is 2. The highest BCUT2D eigenvalue weighted by Gasteiger charge is 2.28. The van der Waals surface area contributed by atoms with Crippen molar-refractivity contribution < 1.29 is 9.59 Å². The Labute approximate surface area is 171 Å². The minimum atomic E-state index is -0.535. The van der Waals surface area contributed by atoms with E-state index in [2.05, 4.69) is 5.32 Å². The molecule has 2 aromatic carbocycles. The lowest BCUT2D eigenvalue weighted by molar-refractivity contribution is -0.140. The first-order valence-electron chi connectivity index (χ1n) is 9.91. The third kappa shape index (κ3) is 5.59. The van der Waals surface area contributed by atoms with E-state index in [1.165, 1.54) is 0 Å². The van der Waals surface area contributed by atoms with Gasteiger partial charge < -0.3 is 10.2 Å². The quantitative estimate of drug-likeness (QED) is 0.753. The molecule has 0 radical (unpaired) electrons. The summed E-state index contributed by atoms with van der Waals surface area (Å²) in [5, 5.41) is 3.72. The molecule has 2 amide bonds. The summed E-state index contributed by atoms with van der Waals surface area (Å²) in [5.74, 6) is -0.164. The lowest BCUT2D eigenvalue weighted by Crippen LogP contribution is -2.50. The molecule has 148 valence electrons. The minimum absolute atomic E-state index is 0.0812. The van der Waals surface area contributed by atoms with E-state index in [9.17, 15) is 9.59 Å². The van der Waals surface area contributed by atoms with Crippen LogP contribution in [0.3, 0.4) is 0 Å². The summed E-state index contributed by atoms with van der Waals surface area (Å²) < 4.78 is 0. The molecular formula is C23H27ClN2O2. The number of nitrogens with one attached hydrogen (secondary N) is 1. The molecule has 0 aliphatic heterocycles. The van der Waals surface area contributed by atoms with Crippen molar-refractivity contribution in [3.05, 3.63) is 70.7 Å². The highest BCUT2D eigenvalue weighted by Crippen LogP contribution is 2.19. The first kappa shape index (κ1) is 20.4. The molecule has 1 saturated carbocycles. The highest BCUT2D eigenvalue weighted by atomic mass is 35.5. The normalized spacial score (nSPS) is 15.2. The summed E-state index contributed by atoms with van der Waals surface area (Å²) in [6.45, 7) is 2.21. The third-order valence-electron chi connectivity index (χ3n) is 5.31. The fourth-order valence-electron chi connectivity index (χ4n) is 3.68. The second-order valence-corrected chi connectivity index (χ2v) is 7.92. The molecule has 0 bridgehead atoms. The van der Waals surface area contributed by atoms with Crippen LogP contribution < -0.4 is 5.32 Å². The van der Waals surface area contributed by atoms with E-state index in [0.717, 1.165) is 36.8 Å². The topological polar surface area (TPSA) is 49.4 Å². The molecule has 5 heteroatoms. The Morgan fingerprint density at radius 3 is 2.43 bits per heavy atom. The van der Waals surface area contributed by atoms with Crippen LogP contribution in [0.25, 0.3) is 0 Å². The van der Waals surface area contributed by atoms with Gasteiger partial charge in [-0.1, -0.05) is 66.9 Å². The number of rotatable bonds is 7. The molecule has 0 heterocycles. The van der Waals surface area contributed by atoms with Crippen LogP contribution in [0.15, 0.2) is 54.6 Å². The van der Waals surface area contributed by atoms with E-state index in [4.69, 9.17) is 11.6 Å². The SMILES string of the molecule is C[C@@H](C(=O)NC1CCCC1)N(Cc1ccccc1)C(=O)Cc1cccc(Cl)c1. The lowest BCUT2D eigenvalue weighted by atomic mass is 10.1. The fourth-order valence-corrected chi connectivity index (χ4v) is 3.89. The average molecular weight is 399 g/mol. The molecule has 1 fully saturated rings. The van der Waals surface area contributed by atoms with Crippen molar-refractivity contribution in [1.82, 2.24) is 10.2 Å². The van der Waals surface area contributed by atoms with Crippen molar-refractivity contribution in [3.63, 3.8) is 0 Å². The molecule has 0 aromatic heterocycles. The first-order valence-corrected chi connectivity index (χ1v) is 10.3. The molecule has 4 nitrogen and oxygen atoms in total. The van der Waals surface area contributed by atoms with E-state index >= 15 is 0 Å². The zero-order valence-electron chi connectivity index (χ0n) is 16.2. The summed E-state index contributed by atoms with van der Waals surface area (Å²) in [5.41, 5.74) is 1.85. The van der Waals surface area contributed by atoms with Crippen LogP contribution in [-0.4, -0.2) is 28.8 Å². The molecule has 0 saturated heterocycles. The van der Waals surface area contributed by atoms with Gasteiger partial charge in [-0.05, 0) is 43.0 Å². The van der Waals surface area contributed by atoms with Gasteiger partial charge in [-0.3, -0.25) is 9.59 Å². The van der Waals surface area contributed by atoms with Gasteiger partial charge in [0.25, 0.3) is 0 Å². The number of hydrogen-bond donors (Lipinski definition) is 1. The van der Waals surface area contributed by atoms with Crippen molar-refractivity contribution in [3.8, 4) is 0 Å². The van der Waals surface area contributed by atoms with Crippen LogP contribution in [0, 0.1) is 0 Å². The van der Waals surface area contributed by atoms with Crippen molar-refractivity contribution >= 4 is 23.4 Å². The average Bonchev–Trinajstić information content (AvgIpc) is 3.19. The van der Waals surface area contributed by atoms with Crippen LogP contribution in [0.2, 0.25) is 5.02 Å². The Hall–Kier alpha value is -2.33. The second-order valence-electron chi connectivity index (χ2n) is 7.48. The lowest BCUT2D eigenvalue weighted by Gasteiger charge is -2.30. The molecule has 2 aromatic rings. The Balaban J connectivity index is 1.75. The number of nitrogens with zero attached hydrogens (tertiary/aromatic N) is 1. The fraction of sp³-hybridized carbons (Fsp3) is 0.391. The predicted octanol–water partition coefficient (Wildman–Crippen LogP) is 4.36. The molecule has 0 spiro atoms. The minimum Gasteiger partial charge on any atom is -0.352 e. The van der Waals surface area contributed by atoms with Gasteiger partial charge in [0, 0.05) is 17.6 Å². The second kappa shape index (κ2) is 9.74. The van der Waals surface area contributed by atoms with Gasteiger partial charge in [-0.25, -0.2) is 0 Å². The monoisotopic (exact) mass is 398 g/mol. The van der Waals surface area contributed by atoms with Crippen LogP contribution in [-0.2, 0) is 22.6 Å². The van der Waals surface area contributed by atoms with Crippen molar-refractivity contribution in [2.45, 2.75) is 57.7 Å². The molecule has 1 aliphatic carbocycles. The number of benzene rings is 2. The van der Waals surface area contributed by atoms with Crippen molar-refractivity contribution in [1.29, 1.82) is 0 Å². The number of carbonyl (C=O) groups is 2. The smallest absolute Gasteiger partial charge is 0.242 e. The summed E-state index contributed by atoms with van der Waals surface area (Å²) >= 11 is 6.06. The van der Waals surface area contributed by atoms with Gasteiger partial charge in [0.05, 0.1) is 6.42 Å². The largest absolute Gasteiger partial charge is 0.352 e. The standard InChI is InChI=1S/C23H27ClN2O2/c1-17(23(28)25-21-12-5-6-13-21)26(16-18-8-3-2-4-9-18)22(27)15-19-10-7-11-20(24)14-19/h2-4,7-11,14,17,21H,5-6,12-13,15-16H2,1H3,(H,25,28)/t17-/m0/s1. The van der Waals surface area contributed by atoms with Gasteiger partial charge in [0.1, 0.15) is 6.04 Å². The van der Waals surface area contributed by atoms with Gasteiger partial charge >= 0.3 is 0 Å². The summed E-state index contributed by atoms with van der Waals surface area (Å²) in [7, 11) is 0. The number of amides is 2. The third-order valence-corrected chi connectivity index (χ3v) is 5.54. The van der Waals surface area contributed by atoms with Crippen LogP contribution in [0.5, 0.6) is 0 Å². The molecule has 1 aliphatic rings. The Morgan fingerprint density at radius 2 is 1.75 bits per heavy atom. The van der Waals surface area contributed by atoms with Crippen LogP contribution in [0.1, 0.15) is 43.7 Å². The zero-order valence-corrected chi connectivity index (χ0v) is 17.0. The van der Waals surface area contributed by atoms with Crippen LogP contribution >= 0.6 is 11.6 Å². The highest BCUT2D eigenvalue weighted by molar-refractivity contribution is 6.30. The van der Waals surface area contributed by atoms with E-state index in [0.29, 0.717) is 11.6 Å². The maximum absolute atomic E-state index is 13.1. The molecule has 28 heavy (non-hydrogen) atoms. The molecule has 3 rings (SSSR count). The van der Waals surface area contributed by atoms with Gasteiger partial charge in [0.2, 0.25) is 11.8 Å². The Bertz CT molecular complexity index is 803. The summed E-state index contributed by atoms with van der Waals surface area (Å²) in [6, 6.07) is 16.8.